The van der Waals surface area contributed by atoms with Crippen molar-refractivity contribution >= 4 is 17.7 Å². The van der Waals surface area contributed by atoms with Crippen LogP contribution in [0.15, 0.2) is 24.3 Å². The number of hydrogen-bond donors (Lipinski definition) is 3. The highest BCUT2D eigenvalue weighted by Gasteiger charge is 2.32. The maximum absolute atomic E-state index is 12.6. The summed E-state index contributed by atoms with van der Waals surface area (Å²) in [4.78, 5) is 22.6. The van der Waals surface area contributed by atoms with E-state index in [1.807, 2.05) is 0 Å². The average Bonchev–Trinajstić information content (AvgIpc) is 2.31. The molecule has 0 saturated carbocycles. The Morgan fingerprint density at radius 1 is 1.33 bits per heavy atom. The first-order chi connectivity index (χ1) is 8.37. The van der Waals surface area contributed by atoms with Crippen molar-refractivity contribution < 1.29 is 19.1 Å². The van der Waals surface area contributed by atoms with Crippen LogP contribution in [-0.4, -0.2) is 22.6 Å². The second-order valence-corrected chi connectivity index (χ2v) is 4.08. The number of carboxylic acids is 1. The normalized spacial score (nSPS) is 13.5. The molecule has 0 heterocycles. The first-order valence-corrected chi connectivity index (χ1v) is 5.45. The Bertz CT molecular complexity index is 447. The molecule has 0 saturated heterocycles. The zero-order valence-electron chi connectivity index (χ0n) is 10.2. The molecule has 3 N–H and O–H groups in total. The smallest absolute Gasteiger partial charge is 0.329 e. The topological polar surface area (TPSA) is 78.4 Å². The Labute approximate surface area is 104 Å². The van der Waals surface area contributed by atoms with E-state index >= 15 is 0 Å². The molecule has 1 rings (SSSR count). The van der Waals surface area contributed by atoms with E-state index in [9.17, 15) is 14.0 Å². The van der Waals surface area contributed by atoms with E-state index in [0.717, 1.165) is 0 Å². The maximum atomic E-state index is 12.6. The first kappa shape index (κ1) is 14.0. The van der Waals surface area contributed by atoms with Gasteiger partial charge in [-0.25, -0.2) is 14.0 Å². The molecule has 0 spiro atoms. The van der Waals surface area contributed by atoms with Crippen molar-refractivity contribution in [2.45, 2.75) is 25.8 Å². The number of aliphatic carboxylic acids is 1. The molecule has 0 bridgehead atoms. The molecule has 1 unspecified atom stereocenters. The molecule has 0 fully saturated rings. The minimum atomic E-state index is -1.33. The van der Waals surface area contributed by atoms with Gasteiger partial charge in [-0.15, -0.1) is 0 Å². The Hall–Kier alpha value is -2.11. The molecule has 0 aliphatic carbocycles. The van der Waals surface area contributed by atoms with Crippen molar-refractivity contribution in [1.29, 1.82) is 0 Å². The molecule has 0 aliphatic rings. The molecule has 0 radical (unpaired) electrons. The Morgan fingerprint density at radius 3 is 2.33 bits per heavy atom. The van der Waals surface area contributed by atoms with Gasteiger partial charge in [0.2, 0.25) is 0 Å². The summed E-state index contributed by atoms with van der Waals surface area (Å²) >= 11 is 0. The molecule has 1 aromatic rings. The molecule has 6 heteroatoms. The molecule has 98 valence electrons. The van der Waals surface area contributed by atoms with Gasteiger partial charge in [-0.2, -0.15) is 0 Å². The highest BCUT2D eigenvalue weighted by Crippen LogP contribution is 2.11. The minimum absolute atomic E-state index is 0.249. The molecule has 1 aromatic carbocycles. The lowest BCUT2D eigenvalue weighted by molar-refractivity contribution is -0.143. The molecule has 1 atom stereocenters. The van der Waals surface area contributed by atoms with Gasteiger partial charge in [-0.05, 0) is 37.6 Å². The minimum Gasteiger partial charge on any atom is -0.480 e. The third-order valence-corrected chi connectivity index (χ3v) is 2.67. The molecule has 2 amide bonds. The van der Waals surface area contributed by atoms with Crippen molar-refractivity contribution in [3.63, 3.8) is 0 Å². The number of amides is 2. The zero-order valence-corrected chi connectivity index (χ0v) is 10.2. The van der Waals surface area contributed by atoms with Crippen molar-refractivity contribution in [3.05, 3.63) is 30.1 Å². The number of rotatable bonds is 4. The summed E-state index contributed by atoms with van der Waals surface area (Å²) in [6.45, 7) is 3.08. The summed E-state index contributed by atoms with van der Waals surface area (Å²) < 4.78 is 12.6. The first-order valence-electron chi connectivity index (χ1n) is 5.45. The molecule has 18 heavy (non-hydrogen) atoms. The third kappa shape index (κ3) is 3.44. The van der Waals surface area contributed by atoms with Gasteiger partial charge in [-0.1, -0.05) is 6.92 Å². The lowest BCUT2D eigenvalue weighted by Crippen LogP contribution is -2.53. The lowest BCUT2D eigenvalue weighted by atomic mass is 10.00. The number of hydrogen-bond acceptors (Lipinski definition) is 2. The molecular weight excluding hydrogens is 239 g/mol. The number of carbonyl (C=O) groups is 2. The fourth-order valence-corrected chi connectivity index (χ4v) is 1.24. The number of benzene rings is 1. The van der Waals surface area contributed by atoms with Crippen LogP contribution in [0, 0.1) is 5.82 Å². The summed E-state index contributed by atoms with van der Waals surface area (Å²) in [5, 5.41) is 13.8. The van der Waals surface area contributed by atoms with Gasteiger partial charge in [0, 0.05) is 5.69 Å². The summed E-state index contributed by atoms with van der Waals surface area (Å²) in [5.41, 5.74) is -0.942. The second-order valence-electron chi connectivity index (χ2n) is 4.08. The van der Waals surface area contributed by atoms with E-state index in [0.29, 0.717) is 5.69 Å². The fraction of sp³-hybridized carbons (Fsp3) is 0.333. The number of urea groups is 1. The summed E-state index contributed by atoms with van der Waals surface area (Å²) in [7, 11) is 0. The van der Waals surface area contributed by atoms with Crippen LogP contribution in [0.4, 0.5) is 14.9 Å². The van der Waals surface area contributed by atoms with Crippen LogP contribution in [0.3, 0.4) is 0 Å². The van der Waals surface area contributed by atoms with Crippen LogP contribution in [-0.2, 0) is 4.79 Å². The monoisotopic (exact) mass is 254 g/mol. The quantitative estimate of drug-likeness (QED) is 0.770. The van der Waals surface area contributed by atoms with Gasteiger partial charge < -0.3 is 15.7 Å². The van der Waals surface area contributed by atoms with E-state index in [2.05, 4.69) is 10.6 Å². The Kier molecular flexibility index (Phi) is 4.25. The maximum Gasteiger partial charge on any atom is 0.329 e. The van der Waals surface area contributed by atoms with Gasteiger partial charge in [0.05, 0.1) is 0 Å². The van der Waals surface area contributed by atoms with E-state index in [1.54, 1.807) is 6.92 Å². The molecule has 0 aromatic heterocycles. The molecule has 0 aliphatic heterocycles. The standard InChI is InChI=1S/C12H15FN2O3/c1-3-12(2,10(16)17)15-11(18)14-9-6-4-8(13)5-7-9/h4-7H,3H2,1-2H3,(H,16,17)(H2,14,15,18). The number of carbonyl (C=O) groups excluding carboxylic acids is 1. The van der Waals surface area contributed by atoms with Crippen LogP contribution < -0.4 is 10.6 Å². The Morgan fingerprint density at radius 2 is 1.89 bits per heavy atom. The van der Waals surface area contributed by atoms with Gasteiger partial charge >= 0.3 is 12.0 Å². The van der Waals surface area contributed by atoms with Gasteiger partial charge in [0.1, 0.15) is 11.4 Å². The predicted molar refractivity (Wildman–Crippen MR) is 64.9 cm³/mol. The van der Waals surface area contributed by atoms with Crippen LogP contribution in [0.5, 0.6) is 0 Å². The van der Waals surface area contributed by atoms with Crippen molar-refractivity contribution in [2.24, 2.45) is 0 Å². The zero-order chi connectivity index (χ0) is 13.8. The summed E-state index contributed by atoms with van der Waals surface area (Å²) in [6.07, 6.45) is 0.249. The van der Waals surface area contributed by atoms with Gasteiger partial charge in [0.15, 0.2) is 0 Å². The van der Waals surface area contributed by atoms with Gasteiger partial charge in [0.25, 0.3) is 0 Å². The second kappa shape index (κ2) is 5.48. The molecular formula is C12H15FN2O3. The summed E-state index contributed by atoms with van der Waals surface area (Å²) in [6, 6.07) is 4.53. The van der Waals surface area contributed by atoms with E-state index in [1.165, 1.54) is 31.2 Å². The van der Waals surface area contributed by atoms with E-state index in [-0.39, 0.29) is 6.42 Å². The number of nitrogens with one attached hydrogen (secondary N) is 2. The third-order valence-electron chi connectivity index (χ3n) is 2.67. The van der Waals surface area contributed by atoms with Crippen LogP contribution in [0.2, 0.25) is 0 Å². The Balaban J connectivity index is 2.66. The largest absolute Gasteiger partial charge is 0.480 e. The summed E-state index contributed by atoms with van der Waals surface area (Å²) in [5.74, 6) is -1.52. The van der Waals surface area contributed by atoms with Crippen molar-refractivity contribution in [1.82, 2.24) is 5.32 Å². The number of carboxylic acid groups (broad SMARTS) is 1. The lowest BCUT2D eigenvalue weighted by Gasteiger charge is -2.24. The van der Waals surface area contributed by atoms with Crippen molar-refractivity contribution in [3.8, 4) is 0 Å². The van der Waals surface area contributed by atoms with Crippen LogP contribution >= 0.6 is 0 Å². The van der Waals surface area contributed by atoms with E-state index in [4.69, 9.17) is 5.11 Å². The van der Waals surface area contributed by atoms with Crippen LogP contribution in [0.25, 0.3) is 0 Å². The van der Waals surface area contributed by atoms with E-state index < -0.39 is 23.4 Å². The average molecular weight is 254 g/mol. The highest BCUT2D eigenvalue weighted by atomic mass is 19.1. The number of halogens is 1. The predicted octanol–water partition coefficient (Wildman–Crippen LogP) is 2.20. The SMILES string of the molecule is CCC(C)(NC(=O)Nc1ccc(F)cc1)C(=O)O. The highest BCUT2D eigenvalue weighted by molar-refractivity contribution is 5.93. The molecule has 5 nitrogen and oxygen atoms in total. The van der Waals surface area contributed by atoms with Crippen molar-refractivity contribution in [2.75, 3.05) is 5.32 Å². The van der Waals surface area contributed by atoms with Crippen LogP contribution in [0.1, 0.15) is 20.3 Å². The van der Waals surface area contributed by atoms with Gasteiger partial charge in [-0.3, -0.25) is 0 Å². The number of anilines is 1. The fourth-order valence-electron chi connectivity index (χ4n) is 1.24.